The van der Waals surface area contributed by atoms with Crippen LogP contribution in [0, 0.1) is 12.8 Å². The quantitative estimate of drug-likeness (QED) is 0.849. The Morgan fingerprint density at radius 1 is 1.29 bits per heavy atom. The number of benzene rings is 1. The molecule has 2 aromatic rings. The molecule has 1 heterocycles. The average Bonchev–Trinajstić information content (AvgIpc) is 3.24. The fraction of sp³-hybridized carbons (Fsp3) is 0.250. The second kappa shape index (κ2) is 5.66. The number of halogens is 2. The van der Waals surface area contributed by atoms with E-state index < -0.39 is 0 Å². The van der Waals surface area contributed by atoms with Crippen LogP contribution in [0.3, 0.4) is 0 Å². The number of nitrogens with one attached hydrogen (secondary N) is 1. The van der Waals surface area contributed by atoms with E-state index in [9.17, 15) is 4.79 Å². The van der Waals surface area contributed by atoms with Crippen LogP contribution in [0.4, 0.5) is 5.69 Å². The van der Waals surface area contributed by atoms with Gasteiger partial charge in [0.05, 0.1) is 5.69 Å². The van der Waals surface area contributed by atoms with Crippen LogP contribution in [0.1, 0.15) is 23.5 Å². The highest BCUT2D eigenvalue weighted by Gasteiger charge is 2.44. The number of amides is 1. The smallest absolute Gasteiger partial charge is 0.228 e. The predicted molar refractivity (Wildman–Crippen MR) is 84.9 cm³/mol. The van der Waals surface area contributed by atoms with Crippen molar-refractivity contribution in [2.45, 2.75) is 19.3 Å². The van der Waals surface area contributed by atoms with Crippen LogP contribution in [-0.4, -0.2) is 10.9 Å². The van der Waals surface area contributed by atoms with E-state index in [1.165, 1.54) is 5.56 Å². The molecule has 1 aliphatic rings. The Labute approximate surface area is 133 Å². The number of hydrogen-bond donors (Lipinski definition) is 1. The summed E-state index contributed by atoms with van der Waals surface area (Å²) < 4.78 is 0. The lowest BCUT2D eigenvalue weighted by atomic mass is 10.1. The molecule has 1 N–H and O–H groups in total. The van der Waals surface area contributed by atoms with Gasteiger partial charge in [0.2, 0.25) is 5.91 Å². The highest BCUT2D eigenvalue weighted by Crippen LogP contribution is 2.48. The molecule has 5 heteroatoms. The predicted octanol–water partition coefficient (Wildman–Crippen LogP) is 4.44. The van der Waals surface area contributed by atoms with Gasteiger partial charge in [0.1, 0.15) is 5.15 Å². The summed E-state index contributed by atoms with van der Waals surface area (Å²) in [5.41, 5.74) is 2.56. The number of pyridine rings is 1. The highest BCUT2D eigenvalue weighted by atomic mass is 35.5. The first-order valence-corrected chi connectivity index (χ1v) is 7.50. The maximum Gasteiger partial charge on any atom is 0.228 e. The van der Waals surface area contributed by atoms with Gasteiger partial charge in [0, 0.05) is 5.92 Å². The lowest BCUT2D eigenvalue weighted by Crippen LogP contribution is -2.16. The van der Waals surface area contributed by atoms with Crippen molar-refractivity contribution in [2.75, 3.05) is 5.32 Å². The second-order valence-corrected chi connectivity index (χ2v) is 6.02. The molecular weight excluding hydrogens is 307 g/mol. The first-order chi connectivity index (χ1) is 10.1. The molecule has 1 fully saturated rings. The van der Waals surface area contributed by atoms with Crippen molar-refractivity contribution in [3.63, 3.8) is 0 Å². The van der Waals surface area contributed by atoms with Crippen molar-refractivity contribution >= 4 is 34.8 Å². The van der Waals surface area contributed by atoms with Crippen molar-refractivity contribution < 1.29 is 4.79 Å². The number of carbonyl (C=O) groups is 1. The monoisotopic (exact) mass is 320 g/mol. The van der Waals surface area contributed by atoms with Crippen molar-refractivity contribution in [1.29, 1.82) is 0 Å². The summed E-state index contributed by atoms with van der Waals surface area (Å²) in [4.78, 5) is 16.3. The zero-order valence-corrected chi connectivity index (χ0v) is 12.9. The maximum atomic E-state index is 12.3. The Balaban J connectivity index is 1.72. The van der Waals surface area contributed by atoms with Crippen LogP contribution in [0.5, 0.6) is 0 Å². The minimum atomic E-state index is -0.0158. The van der Waals surface area contributed by atoms with E-state index in [4.69, 9.17) is 23.2 Å². The number of nitrogens with zero attached hydrogens (tertiary/aromatic N) is 1. The van der Waals surface area contributed by atoms with Crippen molar-refractivity contribution in [2.24, 2.45) is 5.92 Å². The molecule has 0 spiro atoms. The van der Waals surface area contributed by atoms with Crippen molar-refractivity contribution in [3.8, 4) is 0 Å². The fourth-order valence-corrected chi connectivity index (χ4v) is 3.09. The Hall–Kier alpha value is -1.58. The van der Waals surface area contributed by atoms with Crippen LogP contribution in [0.2, 0.25) is 10.3 Å². The molecule has 0 saturated heterocycles. The number of anilines is 1. The zero-order valence-electron chi connectivity index (χ0n) is 11.4. The van der Waals surface area contributed by atoms with E-state index in [2.05, 4.69) is 22.4 Å². The number of carbonyl (C=O) groups excluding carboxylic acids is 1. The normalized spacial score (nSPS) is 20.1. The van der Waals surface area contributed by atoms with Gasteiger partial charge in [-0.25, -0.2) is 4.98 Å². The number of aromatic nitrogens is 1. The molecule has 0 bridgehead atoms. The van der Waals surface area contributed by atoms with Gasteiger partial charge in [-0.15, -0.1) is 0 Å². The second-order valence-electron chi connectivity index (χ2n) is 5.28. The van der Waals surface area contributed by atoms with Gasteiger partial charge >= 0.3 is 0 Å². The van der Waals surface area contributed by atoms with Crippen LogP contribution in [0.25, 0.3) is 0 Å². The summed E-state index contributed by atoms with van der Waals surface area (Å²) in [5.74, 6) is 0.280. The molecule has 1 aliphatic carbocycles. The molecule has 0 aliphatic heterocycles. The molecule has 1 aromatic carbocycles. The topological polar surface area (TPSA) is 42.0 Å². The maximum absolute atomic E-state index is 12.3. The van der Waals surface area contributed by atoms with Crippen molar-refractivity contribution in [1.82, 2.24) is 4.98 Å². The third-order valence-corrected chi connectivity index (χ3v) is 4.21. The molecule has 0 radical (unpaired) electrons. The van der Waals surface area contributed by atoms with Crippen molar-refractivity contribution in [3.05, 3.63) is 57.8 Å². The standard InChI is InChI=1S/C16H14Cl2N2O/c1-9-7-13(17)19-15(18)14(9)20-16(21)12-8-11(12)10-5-3-2-4-6-10/h2-7,11-12H,8H2,1H3,(H,20,21). The molecule has 21 heavy (non-hydrogen) atoms. The minimum absolute atomic E-state index is 0.00135. The van der Waals surface area contributed by atoms with Gasteiger partial charge in [-0.05, 0) is 36.5 Å². The van der Waals surface area contributed by atoms with Gasteiger partial charge in [0.15, 0.2) is 5.15 Å². The van der Waals surface area contributed by atoms with E-state index in [1.54, 1.807) is 6.07 Å². The number of hydrogen-bond acceptors (Lipinski definition) is 2. The molecule has 3 rings (SSSR count). The Morgan fingerprint density at radius 2 is 2.00 bits per heavy atom. The van der Waals surface area contributed by atoms with Gasteiger partial charge in [-0.3, -0.25) is 4.79 Å². The summed E-state index contributed by atoms with van der Waals surface area (Å²) in [6.07, 6.45) is 0.869. The highest BCUT2D eigenvalue weighted by molar-refractivity contribution is 6.34. The lowest BCUT2D eigenvalue weighted by Gasteiger charge is -2.10. The minimum Gasteiger partial charge on any atom is -0.323 e. The van der Waals surface area contributed by atoms with E-state index in [-0.39, 0.29) is 17.0 Å². The van der Waals surface area contributed by atoms with Crippen LogP contribution >= 0.6 is 23.2 Å². The van der Waals surface area contributed by atoms with E-state index in [0.29, 0.717) is 16.8 Å². The molecule has 3 nitrogen and oxygen atoms in total. The van der Waals surface area contributed by atoms with Gasteiger partial charge in [-0.2, -0.15) is 0 Å². The average molecular weight is 321 g/mol. The third-order valence-electron chi connectivity index (χ3n) is 3.74. The van der Waals surface area contributed by atoms with E-state index >= 15 is 0 Å². The molecule has 1 aromatic heterocycles. The van der Waals surface area contributed by atoms with Crippen LogP contribution in [0.15, 0.2) is 36.4 Å². The summed E-state index contributed by atoms with van der Waals surface area (Å²) in [6.45, 7) is 1.84. The molecule has 1 saturated carbocycles. The summed E-state index contributed by atoms with van der Waals surface area (Å²) in [7, 11) is 0. The number of rotatable bonds is 3. The lowest BCUT2D eigenvalue weighted by molar-refractivity contribution is -0.117. The summed E-state index contributed by atoms with van der Waals surface area (Å²) in [6, 6.07) is 11.8. The van der Waals surface area contributed by atoms with Gasteiger partial charge in [-0.1, -0.05) is 53.5 Å². The molecular formula is C16H14Cl2N2O. The van der Waals surface area contributed by atoms with Crippen LogP contribution in [-0.2, 0) is 4.79 Å². The molecule has 2 unspecified atom stereocenters. The first kappa shape index (κ1) is 14.4. The van der Waals surface area contributed by atoms with E-state index in [0.717, 1.165) is 12.0 Å². The molecule has 2 atom stereocenters. The fourth-order valence-electron chi connectivity index (χ4n) is 2.51. The van der Waals surface area contributed by atoms with Gasteiger partial charge < -0.3 is 5.32 Å². The number of aryl methyl sites for hydroxylation is 1. The zero-order chi connectivity index (χ0) is 15.0. The van der Waals surface area contributed by atoms with Crippen LogP contribution < -0.4 is 5.32 Å². The largest absolute Gasteiger partial charge is 0.323 e. The third kappa shape index (κ3) is 3.04. The summed E-state index contributed by atoms with van der Waals surface area (Å²) in [5, 5.41) is 3.43. The Bertz CT molecular complexity index is 665. The molecule has 108 valence electrons. The van der Waals surface area contributed by atoms with Gasteiger partial charge in [0.25, 0.3) is 0 Å². The Kier molecular flexibility index (Phi) is 3.87. The summed E-state index contributed by atoms with van der Waals surface area (Å²) >= 11 is 11.9. The molecule has 1 amide bonds. The SMILES string of the molecule is Cc1cc(Cl)nc(Cl)c1NC(=O)C1CC1c1ccccc1. The van der Waals surface area contributed by atoms with E-state index in [1.807, 2.05) is 25.1 Å². The first-order valence-electron chi connectivity index (χ1n) is 6.74. The Morgan fingerprint density at radius 3 is 2.67 bits per heavy atom.